The highest BCUT2D eigenvalue weighted by Crippen LogP contribution is 2.29. The average Bonchev–Trinajstić information content (AvgIpc) is 2.46. The first kappa shape index (κ1) is 14.3. The van der Waals surface area contributed by atoms with E-state index in [-0.39, 0.29) is 17.7 Å². The third-order valence-electron chi connectivity index (χ3n) is 4.35. The predicted molar refractivity (Wildman–Crippen MR) is 69.6 cm³/mol. The highest BCUT2D eigenvalue weighted by molar-refractivity contribution is 5.79. The molecule has 2 fully saturated rings. The lowest BCUT2D eigenvalue weighted by Crippen LogP contribution is -2.38. The smallest absolute Gasteiger partial charge is 0.306 e. The van der Waals surface area contributed by atoms with Crippen LogP contribution in [0.15, 0.2) is 0 Å². The predicted octanol–water partition coefficient (Wildman–Crippen LogP) is 1.42. The molecule has 0 unspecified atom stereocenters. The summed E-state index contributed by atoms with van der Waals surface area (Å²) in [4.78, 5) is 22.9. The largest absolute Gasteiger partial charge is 0.481 e. The summed E-state index contributed by atoms with van der Waals surface area (Å²) < 4.78 is 5.29. The molecule has 5 heteroatoms. The Balaban J connectivity index is 1.67. The fourth-order valence-electron chi connectivity index (χ4n) is 2.94. The van der Waals surface area contributed by atoms with Crippen molar-refractivity contribution in [3.05, 3.63) is 0 Å². The molecule has 1 heterocycles. The van der Waals surface area contributed by atoms with Gasteiger partial charge in [-0.2, -0.15) is 0 Å². The van der Waals surface area contributed by atoms with Gasteiger partial charge in [-0.05, 0) is 44.4 Å². The van der Waals surface area contributed by atoms with Crippen molar-refractivity contribution in [3.63, 3.8) is 0 Å². The van der Waals surface area contributed by atoms with Crippen LogP contribution >= 0.6 is 0 Å². The summed E-state index contributed by atoms with van der Waals surface area (Å²) in [6, 6.07) is 0. The first-order chi connectivity index (χ1) is 9.16. The molecule has 2 N–H and O–H groups in total. The van der Waals surface area contributed by atoms with E-state index in [0.717, 1.165) is 32.6 Å². The van der Waals surface area contributed by atoms with Crippen LogP contribution in [0, 0.1) is 17.8 Å². The Morgan fingerprint density at radius 2 is 1.58 bits per heavy atom. The number of carboxylic acids is 1. The van der Waals surface area contributed by atoms with Crippen LogP contribution in [0.4, 0.5) is 0 Å². The average molecular weight is 269 g/mol. The molecular weight excluding hydrogens is 246 g/mol. The van der Waals surface area contributed by atoms with Gasteiger partial charge in [-0.15, -0.1) is 0 Å². The number of nitrogens with one attached hydrogen (secondary N) is 1. The van der Waals surface area contributed by atoms with Crippen molar-refractivity contribution >= 4 is 11.9 Å². The lowest BCUT2D eigenvalue weighted by atomic mass is 9.81. The molecule has 0 radical (unpaired) electrons. The standard InChI is InChI=1S/C14H23NO4/c16-13(15-9-10-5-7-19-8-6-10)11-1-3-12(4-2-11)14(17)18/h10-12H,1-9H2,(H,15,16)(H,17,18). The Labute approximate surface area is 113 Å². The van der Waals surface area contributed by atoms with Crippen LogP contribution in [0.3, 0.4) is 0 Å². The summed E-state index contributed by atoms with van der Waals surface area (Å²) in [5.41, 5.74) is 0. The van der Waals surface area contributed by atoms with Crippen molar-refractivity contribution in [2.75, 3.05) is 19.8 Å². The van der Waals surface area contributed by atoms with E-state index in [1.807, 2.05) is 0 Å². The molecule has 0 spiro atoms. The minimum absolute atomic E-state index is 0.00967. The second-order valence-electron chi connectivity index (χ2n) is 5.69. The molecular formula is C14H23NO4. The molecule has 0 aromatic rings. The number of carboxylic acid groups (broad SMARTS) is 1. The van der Waals surface area contributed by atoms with Crippen molar-refractivity contribution in [1.82, 2.24) is 5.32 Å². The number of ether oxygens (including phenoxy) is 1. The fraction of sp³-hybridized carbons (Fsp3) is 0.857. The molecule has 5 nitrogen and oxygen atoms in total. The van der Waals surface area contributed by atoms with Crippen molar-refractivity contribution in [2.24, 2.45) is 17.8 Å². The van der Waals surface area contributed by atoms with Crippen LogP contribution in [0.1, 0.15) is 38.5 Å². The van der Waals surface area contributed by atoms with Crippen molar-refractivity contribution in [1.29, 1.82) is 0 Å². The summed E-state index contributed by atoms with van der Waals surface area (Å²) in [5, 5.41) is 11.9. The zero-order valence-electron chi connectivity index (χ0n) is 11.3. The SMILES string of the molecule is O=C(O)C1CCC(C(=O)NCC2CCOCC2)CC1. The van der Waals surface area contributed by atoms with E-state index in [4.69, 9.17) is 9.84 Å². The van der Waals surface area contributed by atoms with Gasteiger partial charge in [-0.25, -0.2) is 0 Å². The van der Waals surface area contributed by atoms with E-state index in [1.54, 1.807) is 0 Å². The lowest BCUT2D eigenvalue weighted by Gasteiger charge is -2.27. The molecule has 1 amide bonds. The van der Waals surface area contributed by atoms with Crippen molar-refractivity contribution in [2.45, 2.75) is 38.5 Å². The second kappa shape index (κ2) is 6.89. The van der Waals surface area contributed by atoms with Gasteiger partial charge in [0.15, 0.2) is 0 Å². The number of amides is 1. The van der Waals surface area contributed by atoms with Crippen LogP contribution in [0.2, 0.25) is 0 Å². The first-order valence-electron chi connectivity index (χ1n) is 7.25. The maximum absolute atomic E-state index is 12.0. The maximum atomic E-state index is 12.0. The minimum atomic E-state index is -0.721. The molecule has 1 saturated heterocycles. The van der Waals surface area contributed by atoms with Gasteiger partial charge in [0.2, 0.25) is 5.91 Å². The third-order valence-corrected chi connectivity index (χ3v) is 4.35. The lowest BCUT2D eigenvalue weighted by molar-refractivity contribution is -0.144. The summed E-state index contributed by atoms with van der Waals surface area (Å²) >= 11 is 0. The maximum Gasteiger partial charge on any atom is 0.306 e. The van der Waals surface area contributed by atoms with Crippen molar-refractivity contribution < 1.29 is 19.4 Å². The third kappa shape index (κ3) is 4.20. The highest BCUT2D eigenvalue weighted by Gasteiger charge is 2.29. The van der Waals surface area contributed by atoms with Crippen LogP contribution in [-0.4, -0.2) is 36.7 Å². The van der Waals surface area contributed by atoms with Crippen LogP contribution in [0.25, 0.3) is 0 Å². The second-order valence-corrected chi connectivity index (χ2v) is 5.69. The Bertz CT molecular complexity index is 317. The molecule has 1 saturated carbocycles. The fourth-order valence-corrected chi connectivity index (χ4v) is 2.94. The Kier molecular flexibility index (Phi) is 5.19. The number of hydrogen-bond acceptors (Lipinski definition) is 3. The van der Waals surface area contributed by atoms with Gasteiger partial charge in [-0.1, -0.05) is 0 Å². The normalized spacial score (nSPS) is 28.8. The van der Waals surface area contributed by atoms with Crippen molar-refractivity contribution in [3.8, 4) is 0 Å². The van der Waals surface area contributed by atoms with Crippen LogP contribution in [0.5, 0.6) is 0 Å². The van der Waals surface area contributed by atoms with E-state index in [1.165, 1.54) is 0 Å². The number of carbonyl (C=O) groups is 2. The van der Waals surface area contributed by atoms with Gasteiger partial charge in [0.1, 0.15) is 0 Å². The van der Waals surface area contributed by atoms with Gasteiger partial charge >= 0.3 is 5.97 Å². The van der Waals surface area contributed by atoms with E-state index < -0.39 is 5.97 Å². The van der Waals surface area contributed by atoms with E-state index >= 15 is 0 Å². The molecule has 0 aromatic heterocycles. The Hall–Kier alpha value is -1.10. The van der Waals surface area contributed by atoms with Gasteiger partial charge in [-0.3, -0.25) is 9.59 Å². The molecule has 0 aromatic carbocycles. The quantitative estimate of drug-likeness (QED) is 0.809. The van der Waals surface area contributed by atoms with E-state index in [0.29, 0.717) is 31.6 Å². The zero-order valence-corrected chi connectivity index (χ0v) is 11.3. The number of rotatable bonds is 4. The number of hydrogen-bond donors (Lipinski definition) is 2. The van der Waals surface area contributed by atoms with Crippen LogP contribution < -0.4 is 5.32 Å². The highest BCUT2D eigenvalue weighted by atomic mass is 16.5. The zero-order chi connectivity index (χ0) is 13.7. The van der Waals surface area contributed by atoms with Gasteiger partial charge < -0.3 is 15.2 Å². The molecule has 1 aliphatic heterocycles. The number of carbonyl (C=O) groups excluding carboxylic acids is 1. The molecule has 0 atom stereocenters. The van der Waals surface area contributed by atoms with E-state index in [2.05, 4.69) is 5.32 Å². The van der Waals surface area contributed by atoms with Gasteiger partial charge in [0.25, 0.3) is 0 Å². The number of aliphatic carboxylic acids is 1. The summed E-state index contributed by atoms with van der Waals surface area (Å²) in [6.45, 7) is 2.33. The van der Waals surface area contributed by atoms with Gasteiger partial charge in [0, 0.05) is 25.7 Å². The molecule has 1 aliphatic carbocycles. The molecule has 19 heavy (non-hydrogen) atoms. The molecule has 2 rings (SSSR count). The molecule has 108 valence electrons. The Morgan fingerprint density at radius 3 is 2.16 bits per heavy atom. The topological polar surface area (TPSA) is 75.6 Å². The van der Waals surface area contributed by atoms with E-state index in [9.17, 15) is 9.59 Å². The Morgan fingerprint density at radius 1 is 1.00 bits per heavy atom. The first-order valence-corrected chi connectivity index (χ1v) is 7.25. The molecule has 0 bridgehead atoms. The summed E-state index contributed by atoms with van der Waals surface area (Å²) in [7, 11) is 0. The summed E-state index contributed by atoms with van der Waals surface area (Å²) in [6.07, 6.45) is 4.71. The summed E-state index contributed by atoms with van der Waals surface area (Å²) in [5.74, 6) is -0.320. The van der Waals surface area contributed by atoms with Gasteiger partial charge in [0.05, 0.1) is 5.92 Å². The molecule has 2 aliphatic rings. The monoisotopic (exact) mass is 269 g/mol. The van der Waals surface area contributed by atoms with Crippen LogP contribution in [-0.2, 0) is 14.3 Å². The minimum Gasteiger partial charge on any atom is -0.481 e.